The minimum Gasteiger partial charge on any atom is -0.350 e. The number of carbonyl (C=O) groups is 1. The molecular weight excluding hydrogens is 286 g/mol. The van der Waals surface area contributed by atoms with Gasteiger partial charge in [-0.05, 0) is 69.9 Å². The first-order valence-electron chi connectivity index (χ1n) is 7.88. The zero-order chi connectivity index (χ0) is 16.1. The second-order valence-corrected chi connectivity index (χ2v) is 6.28. The van der Waals surface area contributed by atoms with E-state index in [1.54, 1.807) is 6.92 Å². The van der Waals surface area contributed by atoms with Crippen LogP contribution in [0, 0.1) is 17.6 Å². The highest BCUT2D eigenvalue weighted by Gasteiger charge is 2.18. The van der Waals surface area contributed by atoms with Gasteiger partial charge in [0, 0.05) is 12.5 Å². The summed E-state index contributed by atoms with van der Waals surface area (Å²) in [5, 5.41) is 2.82. The molecule has 1 aromatic rings. The maximum Gasteiger partial charge on any atom is 0.220 e. The molecule has 0 unspecified atom stereocenters. The number of hydrogen-bond acceptors (Lipinski definition) is 2. The van der Waals surface area contributed by atoms with E-state index in [0.717, 1.165) is 38.4 Å². The summed E-state index contributed by atoms with van der Waals surface area (Å²) in [6.07, 6.45) is 3.61. The number of piperidine rings is 1. The van der Waals surface area contributed by atoms with Crippen molar-refractivity contribution in [3.63, 3.8) is 0 Å². The van der Waals surface area contributed by atoms with E-state index < -0.39 is 17.7 Å². The Kier molecular flexibility index (Phi) is 5.89. The molecule has 0 aliphatic carbocycles. The van der Waals surface area contributed by atoms with Crippen molar-refractivity contribution >= 4 is 5.91 Å². The maximum absolute atomic E-state index is 13.2. The van der Waals surface area contributed by atoms with Crippen LogP contribution >= 0.6 is 0 Å². The largest absolute Gasteiger partial charge is 0.350 e. The fraction of sp³-hybridized carbons (Fsp3) is 0.588. The van der Waals surface area contributed by atoms with Crippen molar-refractivity contribution in [3.8, 4) is 0 Å². The highest BCUT2D eigenvalue weighted by atomic mass is 19.1. The lowest BCUT2D eigenvalue weighted by Gasteiger charge is -2.28. The van der Waals surface area contributed by atoms with E-state index in [4.69, 9.17) is 0 Å². The van der Waals surface area contributed by atoms with Gasteiger partial charge >= 0.3 is 0 Å². The van der Waals surface area contributed by atoms with Crippen molar-refractivity contribution in [3.05, 3.63) is 35.4 Å². The number of nitrogens with one attached hydrogen (secondary N) is 1. The average Bonchev–Trinajstić information content (AvgIpc) is 2.45. The van der Waals surface area contributed by atoms with E-state index in [2.05, 4.69) is 17.3 Å². The molecule has 1 aliphatic heterocycles. The first-order chi connectivity index (χ1) is 10.4. The lowest BCUT2D eigenvalue weighted by molar-refractivity contribution is -0.122. The molecule has 1 aliphatic rings. The van der Waals surface area contributed by atoms with Gasteiger partial charge in [0.25, 0.3) is 0 Å². The van der Waals surface area contributed by atoms with Gasteiger partial charge in [0.2, 0.25) is 5.91 Å². The topological polar surface area (TPSA) is 32.3 Å². The number of benzene rings is 1. The number of rotatable bonds is 5. The molecule has 1 amide bonds. The normalized spacial score (nSPS) is 18.2. The van der Waals surface area contributed by atoms with Crippen LogP contribution in [0.5, 0.6) is 0 Å². The molecule has 1 fully saturated rings. The molecule has 1 heterocycles. The molecule has 1 saturated heterocycles. The molecule has 0 radical (unpaired) electrons. The van der Waals surface area contributed by atoms with Gasteiger partial charge in [-0.15, -0.1) is 0 Å². The summed E-state index contributed by atoms with van der Waals surface area (Å²) in [6, 6.07) is 2.95. The summed E-state index contributed by atoms with van der Waals surface area (Å²) in [7, 11) is 2.11. The highest BCUT2D eigenvalue weighted by Crippen LogP contribution is 2.21. The molecule has 122 valence electrons. The minimum atomic E-state index is -0.623. The van der Waals surface area contributed by atoms with Gasteiger partial charge in [-0.3, -0.25) is 4.79 Å². The fourth-order valence-electron chi connectivity index (χ4n) is 2.91. The van der Waals surface area contributed by atoms with E-state index in [1.165, 1.54) is 12.1 Å². The van der Waals surface area contributed by atoms with Gasteiger partial charge in [-0.2, -0.15) is 0 Å². The average molecular weight is 310 g/mol. The quantitative estimate of drug-likeness (QED) is 0.905. The Morgan fingerprint density at radius 3 is 2.45 bits per heavy atom. The van der Waals surface area contributed by atoms with Crippen LogP contribution in [0.2, 0.25) is 0 Å². The molecule has 22 heavy (non-hydrogen) atoms. The van der Waals surface area contributed by atoms with E-state index in [0.29, 0.717) is 17.9 Å². The minimum absolute atomic E-state index is 0.0592. The third-order valence-corrected chi connectivity index (χ3v) is 4.38. The lowest BCUT2D eigenvalue weighted by Crippen LogP contribution is -2.31. The Hall–Kier alpha value is -1.49. The number of nitrogens with zero attached hydrogens (tertiary/aromatic N) is 1. The first kappa shape index (κ1) is 16.9. The predicted octanol–water partition coefficient (Wildman–Crippen LogP) is 3.26. The number of amides is 1. The van der Waals surface area contributed by atoms with Crippen LogP contribution in [0.25, 0.3) is 0 Å². The number of carbonyl (C=O) groups excluding carboxylic acids is 1. The van der Waals surface area contributed by atoms with Gasteiger partial charge in [0.1, 0.15) is 11.6 Å². The maximum atomic E-state index is 13.2. The Labute approximate surface area is 130 Å². The molecule has 0 aromatic heterocycles. The zero-order valence-corrected chi connectivity index (χ0v) is 13.2. The van der Waals surface area contributed by atoms with Crippen LogP contribution in [-0.2, 0) is 4.79 Å². The van der Waals surface area contributed by atoms with Gasteiger partial charge in [0.05, 0.1) is 6.04 Å². The number of likely N-dealkylation sites (tertiary alicyclic amines) is 1. The molecule has 1 atom stereocenters. The molecule has 1 N–H and O–H groups in total. The van der Waals surface area contributed by atoms with E-state index in [-0.39, 0.29) is 5.91 Å². The molecule has 0 bridgehead atoms. The summed E-state index contributed by atoms with van der Waals surface area (Å²) in [5.41, 5.74) is 0.449. The standard InChI is InChI=1S/C17H24F2N2O/c1-12(14-9-15(18)11-16(19)10-14)20-17(22)4-3-13-5-7-21(2)8-6-13/h9-13H,3-8H2,1-2H3,(H,20,22)/t12-/m0/s1. The summed E-state index contributed by atoms with van der Waals surface area (Å²) < 4.78 is 26.4. The molecule has 0 saturated carbocycles. The van der Waals surface area contributed by atoms with Crippen molar-refractivity contribution < 1.29 is 13.6 Å². The fourth-order valence-corrected chi connectivity index (χ4v) is 2.91. The van der Waals surface area contributed by atoms with Crippen molar-refractivity contribution in [2.45, 2.75) is 38.6 Å². The van der Waals surface area contributed by atoms with E-state index in [9.17, 15) is 13.6 Å². The molecular formula is C17H24F2N2O. The summed E-state index contributed by atoms with van der Waals surface area (Å²) in [5.74, 6) is -0.704. The van der Waals surface area contributed by atoms with Crippen molar-refractivity contribution in [2.75, 3.05) is 20.1 Å². The van der Waals surface area contributed by atoms with Crippen molar-refractivity contribution in [2.24, 2.45) is 5.92 Å². The summed E-state index contributed by atoms with van der Waals surface area (Å²) in [4.78, 5) is 14.3. The van der Waals surface area contributed by atoms with Crippen molar-refractivity contribution in [1.29, 1.82) is 0 Å². The predicted molar refractivity (Wildman–Crippen MR) is 82.4 cm³/mol. The van der Waals surface area contributed by atoms with Gasteiger partial charge in [-0.25, -0.2) is 8.78 Å². The molecule has 1 aromatic carbocycles. The van der Waals surface area contributed by atoms with Crippen LogP contribution in [-0.4, -0.2) is 30.9 Å². The van der Waals surface area contributed by atoms with Crippen LogP contribution in [0.1, 0.15) is 44.2 Å². The molecule has 5 heteroatoms. The van der Waals surface area contributed by atoms with Crippen molar-refractivity contribution in [1.82, 2.24) is 10.2 Å². The Balaban J connectivity index is 1.78. The number of halogens is 2. The first-order valence-corrected chi connectivity index (χ1v) is 7.88. The summed E-state index contributed by atoms with van der Waals surface area (Å²) >= 11 is 0. The van der Waals surface area contributed by atoms with Gasteiger partial charge in [-0.1, -0.05) is 0 Å². The van der Waals surface area contributed by atoms with Crippen LogP contribution < -0.4 is 5.32 Å². The second kappa shape index (κ2) is 7.68. The summed E-state index contributed by atoms with van der Waals surface area (Å²) in [6.45, 7) is 3.91. The van der Waals surface area contributed by atoms with Crippen LogP contribution in [0.4, 0.5) is 8.78 Å². The third kappa shape index (κ3) is 5.05. The zero-order valence-electron chi connectivity index (χ0n) is 13.2. The number of hydrogen-bond donors (Lipinski definition) is 1. The Bertz CT molecular complexity index is 493. The molecule has 0 spiro atoms. The Morgan fingerprint density at radius 1 is 1.27 bits per heavy atom. The van der Waals surface area contributed by atoms with Gasteiger partial charge < -0.3 is 10.2 Å². The molecule has 3 nitrogen and oxygen atoms in total. The van der Waals surface area contributed by atoms with Crippen LogP contribution in [0.15, 0.2) is 18.2 Å². The molecule has 2 rings (SSSR count). The highest BCUT2D eigenvalue weighted by molar-refractivity contribution is 5.76. The smallest absolute Gasteiger partial charge is 0.220 e. The monoisotopic (exact) mass is 310 g/mol. The Morgan fingerprint density at radius 2 is 1.86 bits per heavy atom. The third-order valence-electron chi connectivity index (χ3n) is 4.38. The van der Waals surface area contributed by atoms with Crippen LogP contribution in [0.3, 0.4) is 0 Å². The van der Waals surface area contributed by atoms with E-state index >= 15 is 0 Å². The van der Waals surface area contributed by atoms with E-state index in [1.807, 2.05) is 0 Å². The SMILES string of the molecule is C[C@H](NC(=O)CCC1CCN(C)CC1)c1cc(F)cc(F)c1. The lowest BCUT2D eigenvalue weighted by atomic mass is 9.92. The second-order valence-electron chi connectivity index (χ2n) is 6.28. The van der Waals surface area contributed by atoms with Gasteiger partial charge in [0.15, 0.2) is 0 Å².